The van der Waals surface area contributed by atoms with Gasteiger partial charge < -0.3 is 4.74 Å². The van der Waals surface area contributed by atoms with Gasteiger partial charge in [-0.2, -0.15) is 5.10 Å². The molecule has 2 aromatic rings. The van der Waals surface area contributed by atoms with E-state index in [-0.39, 0.29) is 0 Å². The Kier molecular flexibility index (Phi) is 4.03. The van der Waals surface area contributed by atoms with Crippen LogP contribution in [0.15, 0.2) is 47.6 Å². The molecule has 2 unspecified atom stereocenters. The summed E-state index contributed by atoms with van der Waals surface area (Å²) in [7, 11) is 3.83. The molecule has 130 valence electrons. The zero-order valence-corrected chi connectivity index (χ0v) is 15.5. The van der Waals surface area contributed by atoms with Crippen LogP contribution in [0.4, 0.5) is 0 Å². The van der Waals surface area contributed by atoms with E-state index >= 15 is 0 Å². The molecule has 0 spiro atoms. The highest BCUT2D eigenvalue weighted by Crippen LogP contribution is 2.43. The molecule has 0 amide bonds. The first kappa shape index (κ1) is 16.2. The van der Waals surface area contributed by atoms with E-state index in [1.165, 1.54) is 28.0 Å². The van der Waals surface area contributed by atoms with Gasteiger partial charge in [-0.05, 0) is 53.6 Å². The molecular formula is C22H26N2O. The van der Waals surface area contributed by atoms with Crippen LogP contribution < -0.4 is 4.74 Å². The van der Waals surface area contributed by atoms with Crippen molar-refractivity contribution in [1.29, 1.82) is 0 Å². The van der Waals surface area contributed by atoms with Crippen LogP contribution >= 0.6 is 0 Å². The Morgan fingerprint density at radius 3 is 2.56 bits per heavy atom. The van der Waals surface area contributed by atoms with Crippen LogP contribution in [0, 0.1) is 5.92 Å². The van der Waals surface area contributed by atoms with Crippen LogP contribution in [0.25, 0.3) is 0 Å². The minimum atomic E-state index is 0.339. The van der Waals surface area contributed by atoms with E-state index < -0.39 is 0 Å². The lowest BCUT2D eigenvalue weighted by molar-refractivity contribution is 0.244. The van der Waals surface area contributed by atoms with Gasteiger partial charge in [0.2, 0.25) is 0 Å². The van der Waals surface area contributed by atoms with E-state index in [0.717, 1.165) is 18.6 Å². The second-order valence-electron chi connectivity index (χ2n) is 7.49. The van der Waals surface area contributed by atoms with Gasteiger partial charge in [-0.15, -0.1) is 0 Å². The molecule has 2 atom stereocenters. The summed E-state index contributed by atoms with van der Waals surface area (Å²) >= 11 is 0. The van der Waals surface area contributed by atoms with E-state index in [0.29, 0.717) is 17.9 Å². The van der Waals surface area contributed by atoms with Gasteiger partial charge in [0.25, 0.3) is 0 Å². The van der Waals surface area contributed by atoms with Crippen molar-refractivity contribution in [2.24, 2.45) is 11.0 Å². The van der Waals surface area contributed by atoms with Gasteiger partial charge >= 0.3 is 0 Å². The van der Waals surface area contributed by atoms with E-state index in [2.05, 4.69) is 68.4 Å². The molecule has 0 saturated carbocycles. The molecule has 4 rings (SSSR count). The summed E-state index contributed by atoms with van der Waals surface area (Å²) in [6.07, 6.45) is 2.23. The summed E-state index contributed by atoms with van der Waals surface area (Å²) in [6.45, 7) is 4.48. The highest BCUT2D eigenvalue weighted by molar-refractivity contribution is 6.05. The second kappa shape index (κ2) is 6.21. The summed E-state index contributed by atoms with van der Waals surface area (Å²) < 4.78 is 5.38. The molecule has 1 aliphatic heterocycles. The topological polar surface area (TPSA) is 24.8 Å². The quantitative estimate of drug-likeness (QED) is 0.807. The van der Waals surface area contributed by atoms with Gasteiger partial charge in [0.15, 0.2) is 0 Å². The average molecular weight is 334 g/mol. The molecule has 0 saturated heterocycles. The molecule has 0 radical (unpaired) electrons. The number of benzene rings is 2. The highest BCUT2D eigenvalue weighted by atomic mass is 16.5. The van der Waals surface area contributed by atoms with Gasteiger partial charge in [-0.1, -0.05) is 38.1 Å². The Hall–Kier alpha value is -2.29. The van der Waals surface area contributed by atoms with Crippen molar-refractivity contribution >= 4 is 5.71 Å². The smallest absolute Gasteiger partial charge is 0.119 e. The van der Waals surface area contributed by atoms with E-state index in [1.54, 1.807) is 7.11 Å². The van der Waals surface area contributed by atoms with Gasteiger partial charge in [0, 0.05) is 18.5 Å². The van der Waals surface area contributed by atoms with Crippen LogP contribution in [-0.2, 0) is 6.42 Å². The molecule has 3 nitrogen and oxygen atoms in total. The number of nitrogens with zero attached hydrogens (tertiary/aromatic N) is 2. The van der Waals surface area contributed by atoms with Crippen molar-refractivity contribution in [1.82, 2.24) is 5.01 Å². The molecular weight excluding hydrogens is 308 g/mol. The number of hydrogen-bond acceptors (Lipinski definition) is 3. The lowest BCUT2D eigenvalue weighted by atomic mass is 9.77. The maximum absolute atomic E-state index is 5.38. The average Bonchev–Trinajstić information content (AvgIpc) is 2.97. The molecule has 2 aromatic carbocycles. The normalized spacial score (nSPS) is 21.8. The van der Waals surface area contributed by atoms with Crippen molar-refractivity contribution in [2.45, 2.75) is 38.6 Å². The SMILES string of the molecule is COc1ccc2c(c1)CCC1C2=NN(C)C1c1ccc(C(C)C)cc1. The summed E-state index contributed by atoms with van der Waals surface area (Å²) in [5.41, 5.74) is 6.66. The highest BCUT2D eigenvalue weighted by Gasteiger charge is 2.40. The molecule has 1 heterocycles. The maximum atomic E-state index is 5.38. The fourth-order valence-corrected chi connectivity index (χ4v) is 4.26. The van der Waals surface area contributed by atoms with Gasteiger partial charge in [0.1, 0.15) is 5.75 Å². The minimum Gasteiger partial charge on any atom is -0.497 e. The van der Waals surface area contributed by atoms with Crippen LogP contribution in [-0.4, -0.2) is 24.9 Å². The molecule has 3 heteroatoms. The molecule has 25 heavy (non-hydrogen) atoms. The fraction of sp³-hybridized carbons (Fsp3) is 0.409. The van der Waals surface area contributed by atoms with Crippen molar-refractivity contribution in [3.05, 3.63) is 64.7 Å². The number of hydrogen-bond donors (Lipinski definition) is 0. The molecule has 0 aromatic heterocycles. The van der Waals surface area contributed by atoms with E-state index in [1.807, 2.05) is 0 Å². The predicted octanol–water partition coefficient (Wildman–Crippen LogP) is 4.77. The summed E-state index contributed by atoms with van der Waals surface area (Å²) in [6, 6.07) is 15.9. The van der Waals surface area contributed by atoms with Crippen molar-refractivity contribution in [3.8, 4) is 5.75 Å². The lowest BCUT2D eigenvalue weighted by Crippen LogP contribution is -2.27. The predicted molar refractivity (Wildman–Crippen MR) is 102 cm³/mol. The summed E-state index contributed by atoms with van der Waals surface area (Å²) in [5, 5.41) is 7.09. The zero-order valence-electron chi connectivity index (χ0n) is 15.5. The van der Waals surface area contributed by atoms with Gasteiger partial charge in [0.05, 0.1) is 18.9 Å². The van der Waals surface area contributed by atoms with Gasteiger partial charge in [-0.3, -0.25) is 5.01 Å². The summed E-state index contributed by atoms with van der Waals surface area (Å²) in [5.74, 6) is 1.97. The van der Waals surface area contributed by atoms with Crippen LogP contribution in [0.2, 0.25) is 0 Å². The Morgan fingerprint density at radius 2 is 1.88 bits per heavy atom. The number of methoxy groups -OCH3 is 1. The van der Waals surface area contributed by atoms with E-state index in [4.69, 9.17) is 9.84 Å². The zero-order chi connectivity index (χ0) is 17.6. The third kappa shape index (κ3) is 2.72. The maximum Gasteiger partial charge on any atom is 0.119 e. The van der Waals surface area contributed by atoms with Gasteiger partial charge in [-0.25, -0.2) is 0 Å². The monoisotopic (exact) mass is 334 g/mol. The third-order valence-electron chi connectivity index (χ3n) is 5.66. The van der Waals surface area contributed by atoms with Crippen molar-refractivity contribution in [2.75, 3.05) is 14.2 Å². The Bertz CT molecular complexity index is 807. The third-order valence-corrected chi connectivity index (χ3v) is 5.66. The number of ether oxygens (including phenoxy) is 1. The van der Waals surface area contributed by atoms with Crippen LogP contribution in [0.5, 0.6) is 5.75 Å². The summed E-state index contributed by atoms with van der Waals surface area (Å²) in [4.78, 5) is 0. The minimum absolute atomic E-state index is 0.339. The standard InChI is InChI=1S/C22H26N2O/c1-14(2)15-5-7-16(8-6-15)22-20-11-9-17-13-18(25-4)10-12-19(17)21(20)23-24(22)3/h5-8,10,12-14,20,22H,9,11H2,1-4H3. The first-order valence-electron chi connectivity index (χ1n) is 9.17. The molecule has 2 aliphatic rings. The lowest BCUT2D eigenvalue weighted by Gasteiger charge is -2.29. The Labute approximate surface area is 150 Å². The number of rotatable bonds is 3. The van der Waals surface area contributed by atoms with Crippen LogP contribution in [0.1, 0.15) is 54.5 Å². The number of aryl methyl sites for hydroxylation is 1. The number of hydrazone groups is 1. The molecule has 0 bridgehead atoms. The largest absolute Gasteiger partial charge is 0.497 e. The van der Waals surface area contributed by atoms with Crippen molar-refractivity contribution < 1.29 is 4.74 Å². The second-order valence-corrected chi connectivity index (χ2v) is 7.49. The number of fused-ring (bicyclic) bond motifs is 3. The van der Waals surface area contributed by atoms with Crippen molar-refractivity contribution in [3.63, 3.8) is 0 Å². The first-order chi connectivity index (χ1) is 12.1. The Morgan fingerprint density at radius 1 is 1.12 bits per heavy atom. The molecule has 0 N–H and O–H groups in total. The van der Waals surface area contributed by atoms with E-state index in [9.17, 15) is 0 Å². The Balaban J connectivity index is 1.66. The molecule has 0 fully saturated rings. The molecule has 1 aliphatic carbocycles. The van der Waals surface area contributed by atoms with Crippen LogP contribution in [0.3, 0.4) is 0 Å². The fourth-order valence-electron chi connectivity index (χ4n) is 4.26. The first-order valence-corrected chi connectivity index (χ1v) is 9.17.